The first-order valence-electron chi connectivity index (χ1n) is 12.8. The number of hydrogen-bond donors (Lipinski definition) is 1. The van der Waals surface area contributed by atoms with Crippen molar-refractivity contribution in [3.63, 3.8) is 0 Å². The molecule has 2 heterocycles. The summed E-state index contributed by atoms with van der Waals surface area (Å²) in [4.78, 5) is 9.63. The van der Waals surface area contributed by atoms with E-state index in [-0.39, 0.29) is 0 Å². The van der Waals surface area contributed by atoms with E-state index in [1.165, 1.54) is 16.3 Å². The van der Waals surface area contributed by atoms with Gasteiger partial charge >= 0.3 is 0 Å². The quantitative estimate of drug-likeness (QED) is 0.154. The third-order valence-electron chi connectivity index (χ3n) is 7.37. The van der Waals surface area contributed by atoms with Crippen LogP contribution in [0, 0.1) is 0 Å². The fraction of sp³-hybridized carbons (Fsp3) is 0.0286. The van der Waals surface area contributed by atoms with E-state index in [4.69, 9.17) is 10.7 Å². The van der Waals surface area contributed by atoms with E-state index in [0.717, 1.165) is 55.0 Å². The second-order valence-corrected chi connectivity index (χ2v) is 9.59. The second kappa shape index (κ2) is 8.82. The Bertz CT molecular complexity index is 2040. The van der Waals surface area contributed by atoms with Gasteiger partial charge in [0.25, 0.3) is 0 Å². The van der Waals surface area contributed by atoms with E-state index < -0.39 is 0 Å². The van der Waals surface area contributed by atoms with Gasteiger partial charge in [-0.15, -0.1) is 0 Å². The van der Waals surface area contributed by atoms with Gasteiger partial charge in [-0.3, -0.25) is 4.98 Å². The highest BCUT2D eigenvalue weighted by atomic mass is 14.7. The first kappa shape index (κ1) is 22.2. The Morgan fingerprint density at radius 1 is 0.658 bits per heavy atom. The predicted molar refractivity (Wildman–Crippen MR) is 162 cm³/mol. The summed E-state index contributed by atoms with van der Waals surface area (Å²) in [6.07, 6.45) is 5.89. The van der Waals surface area contributed by atoms with Gasteiger partial charge in [0.05, 0.1) is 22.2 Å². The predicted octanol–water partition coefficient (Wildman–Crippen LogP) is 9.04. The molecule has 0 saturated carbocycles. The highest BCUT2D eigenvalue weighted by Gasteiger charge is 2.15. The number of anilines is 1. The lowest BCUT2D eigenvalue weighted by atomic mass is 9.91. The van der Waals surface area contributed by atoms with E-state index in [9.17, 15) is 0 Å². The number of nitrogens with two attached hydrogens (primary N) is 1. The minimum Gasteiger partial charge on any atom is -0.396 e. The molecule has 0 amide bonds. The highest BCUT2D eigenvalue weighted by molar-refractivity contribution is 6.17. The van der Waals surface area contributed by atoms with Gasteiger partial charge in [0.15, 0.2) is 0 Å². The number of benzene rings is 5. The number of nitrogens with zero attached hydrogens (tertiary/aromatic N) is 2. The van der Waals surface area contributed by atoms with E-state index in [2.05, 4.69) is 108 Å². The molecule has 180 valence electrons. The molecular weight excluding hydrogens is 462 g/mol. The van der Waals surface area contributed by atoms with Crippen LogP contribution in [0.2, 0.25) is 0 Å². The molecule has 3 heteroatoms. The van der Waals surface area contributed by atoms with Crippen molar-refractivity contribution in [1.82, 2.24) is 9.97 Å². The summed E-state index contributed by atoms with van der Waals surface area (Å²) in [6.45, 7) is 2.01. The molecule has 0 atom stereocenters. The third kappa shape index (κ3) is 3.44. The Labute approximate surface area is 220 Å². The zero-order valence-electron chi connectivity index (χ0n) is 21.0. The van der Waals surface area contributed by atoms with Crippen LogP contribution in [0.5, 0.6) is 0 Å². The Morgan fingerprint density at radius 2 is 1.39 bits per heavy atom. The molecule has 2 N–H and O–H groups in total. The number of rotatable bonds is 3. The molecule has 0 aliphatic heterocycles. The molecule has 0 unspecified atom stereocenters. The maximum Gasteiger partial charge on any atom is 0.0937 e. The summed E-state index contributed by atoms with van der Waals surface area (Å²) in [5, 5.41) is 5.72. The SMILES string of the molecule is C/C=C\c1c(-c2ccc(-c3c4ccccc4nc4c3ccc3ccccc34)cc2)cc2cccnc2c1N. The molecule has 0 aliphatic rings. The summed E-state index contributed by atoms with van der Waals surface area (Å²) in [6, 6.07) is 36.3. The number of pyridine rings is 2. The minimum absolute atomic E-state index is 0.707. The van der Waals surface area contributed by atoms with E-state index in [1.54, 1.807) is 6.20 Å². The number of nitrogen functional groups attached to an aromatic ring is 1. The van der Waals surface area contributed by atoms with Gasteiger partial charge in [-0.25, -0.2) is 4.98 Å². The molecule has 38 heavy (non-hydrogen) atoms. The molecule has 0 radical (unpaired) electrons. The summed E-state index contributed by atoms with van der Waals surface area (Å²) in [5.41, 5.74) is 15.8. The van der Waals surface area contributed by atoms with Crippen LogP contribution in [0.1, 0.15) is 12.5 Å². The minimum atomic E-state index is 0.707. The van der Waals surface area contributed by atoms with Gasteiger partial charge in [-0.05, 0) is 47.2 Å². The monoisotopic (exact) mass is 487 g/mol. The second-order valence-electron chi connectivity index (χ2n) is 9.59. The number of hydrogen-bond acceptors (Lipinski definition) is 3. The molecule has 7 aromatic rings. The molecule has 5 aromatic carbocycles. The fourth-order valence-electron chi connectivity index (χ4n) is 5.60. The summed E-state index contributed by atoms with van der Waals surface area (Å²) >= 11 is 0. The molecular formula is C35H25N3. The van der Waals surface area contributed by atoms with Crippen molar-refractivity contribution in [3.05, 3.63) is 121 Å². The lowest BCUT2D eigenvalue weighted by Crippen LogP contribution is -1.97. The summed E-state index contributed by atoms with van der Waals surface area (Å²) < 4.78 is 0. The molecule has 0 saturated heterocycles. The molecule has 0 aliphatic carbocycles. The highest BCUT2D eigenvalue weighted by Crippen LogP contribution is 2.39. The molecule has 7 rings (SSSR count). The van der Waals surface area contributed by atoms with Crippen molar-refractivity contribution >= 4 is 55.2 Å². The van der Waals surface area contributed by atoms with Crippen LogP contribution in [-0.2, 0) is 0 Å². The lowest BCUT2D eigenvalue weighted by Gasteiger charge is -2.15. The van der Waals surface area contributed by atoms with Gasteiger partial charge in [0.1, 0.15) is 0 Å². The first-order valence-corrected chi connectivity index (χ1v) is 12.8. The third-order valence-corrected chi connectivity index (χ3v) is 7.37. The van der Waals surface area contributed by atoms with Crippen molar-refractivity contribution in [3.8, 4) is 22.3 Å². The van der Waals surface area contributed by atoms with Crippen LogP contribution >= 0.6 is 0 Å². The summed E-state index contributed by atoms with van der Waals surface area (Å²) in [5.74, 6) is 0. The van der Waals surface area contributed by atoms with Crippen LogP contribution in [0.3, 0.4) is 0 Å². The van der Waals surface area contributed by atoms with Crippen LogP contribution in [0.15, 0.2) is 115 Å². The van der Waals surface area contributed by atoms with Crippen molar-refractivity contribution < 1.29 is 0 Å². The van der Waals surface area contributed by atoms with E-state index in [1.807, 2.05) is 19.1 Å². The molecule has 0 bridgehead atoms. The van der Waals surface area contributed by atoms with Crippen LogP contribution in [0.25, 0.3) is 71.8 Å². The summed E-state index contributed by atoms with van der Waals surface area (Å²) in [7, 11) is 0. The van der Waals surface area contributed by atoms with Crippen molar-refractivity contribution in [2.75, 3.05) is 5.73 Å². The van der Waals surface area contributed by atoms with Gasteiger partial charge in [0.2, 0.25) is 0 Å². The Morgan fingerprint density at radius 3 is 2.24 bits per heavy atom. The van der Waals surface area contributed by atoms with Crippen molar-refractivity contribution in [2.24, 2.45) is 0 Å². The maximum absolute atomic E-state index is 6.61. The number of allylic oxidation sites excluding steroid dienone is 1. The fourth-order valence-corrected chi connectivity index (χ4v) is 5.60. The van der Waals surface area contributed by atoms with Crippen LogP contribution in [0.4, 0.5) is 5.69 Å². The average molecular weight is 488 g/mol. The Hall–Kier alpha value is -5.02. The number of para-hydroxylation sites is 1. The van der Waals surface area contributed by atoms with E-state index >= 15 is 0 Å². The van der Waals surface area contributed by atoms with E-state index in [0.29, 0.717) is 5.69 Å². The zero-order chi connectivity index (χ0) is 25.6. The Balaban J connectivity index is 1.46. The van der Waals surface area contributed by atoms with Crippen molar-refractivity contribution in [2.45, 2.75) is 6.92 Å². The molecule has 0 fully saturated rings. The smallest absolute Gasteiger partial charge is 0.0937 e. The van der Waals surface area contributed by atoms with Gasteiger partial charge in [-0.1, -0.05) is 97.1 Å². The van der Waals surface area contributed by atoms with Crippen molar-refractivity contribution in [1.29, 1.82) is 0 Å². The largest absolute Gasteiger partial charge is 0.396 e. The van der Waals surface area contributed by atoms with Crippen LogP contribution in [-0.4, -0.2) is 9.97 Å². The van der Waals surface area contributed by atoms with Gasteiger partial charge in [-0.2, -0.15) is 0 Å². The van der Waals surface area contributed by atoms with Gasteiger partial charge < -0.3 is 5.73 Å². The van der Waals surface area contributed by atoms with Gasteiger partial charge in [0, 0.05) is 38.9 Å². The van der Waals surface area contributed by atoms with Crippen LogP contribution < -0.4 is 5.73 Å². The number of fused-ring (bicyclic) bond motifs is 5. The number of aromatic nitrogens is 2. The molecule has 2 aromatic heterocycles. The Kier molecular flexibility index (Phi) is 5.15. The maximum atomic E-state index is 6.61. The molecule has 3 nitrogen and oxygen atoms in total. The normalized spacial score (nSPS) is 11.8. The average Bonchev–Trinajstić information content (AvgIpc) is 2.97. The lowest BCUT2D eigenvalue weighted by molar-refractivity contribution is 1.41. The zero-order valence-corrected chi connectivity index (χ0v) is 21.0. The standard InChI is InChI=1S/C35H25N3/c1-2-8-27-30(21-25-10-7-20-37-34(25)33(27)36)23-14-16-24(17-15-23)32-28-12-5-6-13-31(28)38-35-26-11-4-3-9-22(26)18-19-29(32)35/h2-21H,36H2,1H3/b8-2-. The first-order chi connectivity index (χ1) is 18.7. The molecule has 0 spiro atoms. The topological polar surface area (TPSA) is 51.8 Å².